The van der Waals surface area contributed by atoms with Crippen molar-refractivity contribution in [2.45, 2.75) is 45.1 Å². The third kappa shape index (κ3) is 3.00. The van der Waals surface area contributed by atoms with Crippen LogP contribution >= 0.6 is 0 Å². The number of rotatable bonds is 4. The molecular weight excluding hydrogens is 404 g/mol. The number of carbonyl (C=O) groups is 3. The maximum absolute atomic E-state index is 13.4. The van der Waals surface area contributed by atoms with Crippen LogP contribution in [0.25, 0.3) is 5.65 Å². The minimum atomic E-state index is -0.481. The monoisotopic (exact) mass is 428 g/mol. The standard InChI is InChI=1S/C26H24N2O4/c29-17-5-7-19(22(30)8-6-17)21-13-26(21)12-20-18(25(26)31)2-1-3-23(20)32-15-16-4-9-24-27-10-11-28(24)14-16/h1-4,9-11,14,19,21H,5-8,12-13,15H2. The molecule has 0 bridgehead atoms. The third-order valence-electron chi connectivity index (χ3n) is 7.58. The molecule has 3 aromatic rings. The molecule has 0 saturated heterocycles. The van der Waals surface area contributed by atoms with Gasteiger partial charge in [-0.15, -0.1) is 0 Å². The van der Waals surface area contributed by atoms with Crippen molar-refractivity contribution in [2.24, 2.45) is 17.3 Å². The number of imidazole rings is 1. The molecule has 1 spiro atoms. The molecule has 162 valence electrons. The van der Waals surface area contributed by atoms with E-state index in [-0.39, 0.29) is 29.2 Å². The van der Waals surface area contributed by atoms with E-state index >= 15 is 0 Å². The molecule has 0 radical (unpaired) electrons. The Hall–Kier alpha value is -3.28. The lowest BCUT2D eigenvalue weighted by molar-refractivity contribution is -0.124. The first kappa shape index (κ1) is 19.4. The lowest BCUT2D eigenvalue weighted by Gasteiger charge is -2.16. The van der Waals surface area contributed by atoms with Crippen molar-refractivity contribution in [1.82, 2.24) is 9.38 Å². The van der Waals surface area contributed by atoms with E-state index in [1.807, 2.05) is 47.1 Å². The van der Waals surface area contributed by atoms with Crippen LogP contribution in [-0.2, 0) is 22.6 Å². The van der Waals surface area contributed by atoms with Crippen LogP contribution < -0.4 is 4.74 Å². The molecule has 6 rings (SSSR count). The van der Waals surface area contributed by atoms with Crippen molar-refractivity contribution in [3.8, 4) is 5.75 Å². The predicted molar refractivity (Wildman–Crippen MR) is 117 cm³/mol. The van der Waals surface area contributed by atoms with E-state index in [4.69, 9.17) is 4.74 Å². The summed E-state index contributed by atoms with van der Waals surface area (Å²) in [4.78, 5) is 42.1. The van der Waals surface area contributed by atoms with Crippen molar-refractivity contribution in [3.05, 3.63) is 65.6 Å². The fourth-order valence-corrected chi connectivity index (χ4v) is 5.77. The van der Waals surface area contributed by atoms with Crippen LogP contribution in [-0.4, -0.2) is 26.7 Å². The average molecular weight is 428 g/mol. The van der Waals surface area contributed by atoms with Gasteiger partial charge in [0.25, 0.3) is 0 Å². The zero-order chi connectivity index (χ0) is 21.9. The second-order valence-electron chi connectivity index (χ2n) is 9.42. The molecule has 6 nitrogen and oxygen atoms in total. The third-order valence-corrected chi connectivity index (χ3v) is 7.58. The van der Waals surface area contributed by atoms with E-state index in [0.29, 0.717) is 38.7 Å². The lowest BCUT2D eigenvalue weighted by atomic mass is 9.86. The molecule has 0 amide bonds. The zero-order valence-corrected chi connectivity index (χ0v) is 17.8. The van der Waals surface area contributed by atoms with Gasteiger partial charge in [0.2, 0.25) is 0 Å². The van der Waals surface area contributed by atoms with Crippen LogP contribution in [0.15, 0.2) is 48.9 Å². The average Bonchev–Trinajstić information content (AvgIpc) is 3.24. The van der Waals surface area contributed by atoms with Crippen molar-refractivity contribution in [1.29, 1.82) is 0 Å². The largest absolute Gasteiger partial charge is 0.489 e. The van der Waals surface area contributed by atoms with Gasteiger partial charge in [-0.2, -0.15) is 0 Å². The highest BCUT2D eigenvalue weighted by Gasteiger charge is 2.66. The summed E-state index contributed by atoms with van der Waals surface area (Å²) in [5.41, 5.74) is 3.11. The summed E-state index contributed by atoms with van der Waals surface area (Å²) in [6.07, 6.45) is 8.75. The Morgan fingerprint density at radius 1 is 1.09 bits per heavy atom. The van der Waals surface area contributed by atoms with E-state index in [0.717, 1.165) is 34.5 Å². The molecule has 3 aliphatic rings. The highest BCUT2D eigenvalue weighted by Crippen LogP contribution is 2.65. The van der Waals surface area contributed by atoms with Gasteiger partial charge in [0, 0.05) is 65.9 Å². The second-order valence-corrected chi connectivity index (χ2v) is 9.42. The highest BCUT2D eigenvalue weighted by atomic mass is 16.5. The predicted octanol–water partition coefficient (Wildman–Crippen LogP) is 3.99. The maximum Gasteiger partial charge on any atom is 0.170 e. The van der Waals surface area contributed by atoms with Gasteiger partial charge in [-0.1, -0.05) is 18.2 Å². The Balaban J connectivity index is 1.22. The minimum Gasteiger partial charge on any atom is -0.489 e. The van der Waals surface area contributed by atoms with Gasteiger partial charge in [0.05, 0.1) is 0 Å². The van der Waals surface area contributed by atoms with Gasteiger partial charge in [-0.25, -0.2) is 4.98 Å². The van der Waals surface area contributed by atoms with Gasteiger partial charge in [0.1, 0.15) is 29.6 Å². The number of hydrogen-bond acceptors (Lipinski definition) is 5. The number of pyridine rings is 1. The smallest absolute Gasteiger partial charge is 0.170 e. The molecule has 3 aliphatic carbocycles. The normalized spacial score (nSPS) is 27.1. The molecule has 2 aromatic heterocycles. The molecular formula is C26H24N2O4. The van der Waals surface area contributed by atoms with Crippen molar-refractivity contribution in [2.75, 3.05) is 0 Å². The molecule has 0 aliphatic heterocycles. The summed E-state index contributed by atoms with van der Waals surface area (Å²) in [6, 6.07) is 9.62. The molecule has 32 heavy (non-hydrogen) atoms. The van der Waals surface area contributed by atoms with Gasteiger partial charge < -0.3 is 9.14 Å². The summed E-state index contributed by atoms with van der Waals surface area (Å²) in [7, 11) is 0. The summed E-state index contributed by atoms with van der Waals surface area (Å²) in [5.74, 6) is 1.11. The number of ether oxygens (including phenoxy) is 1. The quantitative estimate of drug-likeness (QED) is 0.588. The van der Waals surface area contributed by atoms with Crippen LogP contribution in [0.2, 0.25) is 0 Å². The van der Waals surface area contributed by atoms with Crippen LogP contribution in [0, 0.1) is 17.3 Å². The lowest BCUT2D eigenvalue weighted by Crippen LogP contribution is -2.22. The van der Waals surface area contributed by atoms with Crippen molar-refractivity contribution >= 4 is 23.0 Å². The first-order chi connectivity index (χ1) is 15.5. The van der Waals surface area contributed by atoms with Gasteiger partial charge in [-0.3, -0.25) is 14.4 Å². The fourth-order valence-electron chi connectivity index (χ4n) is 5.77. The SMILES string of the molecule is O=C1CCC(=O)C(C2CC23Cc2c(OCc4ccc5nccn5c4)cccc2C3=O)CC1. The van der Waals surface area contributed by atoms with Crippen LogP contribution in [0.3, 0.4) is 0 Å². The highest BCUT2D eigenvalue weighted by molar-refractivity contribution is 6.08. The van der Waals surface area contributed by atoms with E-state index in [1.54, 1.807) is 6.20 Å². The fraction of sp³-hybridized carbons (Fsp3) is 0.385. The molecule has 3 unspecified atom stereocenters. The summed E-state index contributed by atoms with van der Waals surface area (Å²) >= 11 is 0. The molecule has 3 atom stereocenters. The topological polar surface area (TPSA) is 77.7 Å². The Labute approximate surface area is 185 Å². The number of benzene rings is 1. The number of carbonyl (C=O) groups excluding carboxylic acids is 3. The van der Waals surface area contributed by atoms with E-state index in [9.17, 15) is 14.4 Å². The van der Waals surface area contributed by atoms with Gasteiger partial charge in [-0.05, 0) is 37.3 Å². The number of aromatic nitrogens is 2. The number of ketones is 3. The van der Waals surface area contributed by atoms with E-state index in [2.05, 4.69) is 4.98 Å². The summed E-state index contributed by atoms with van der Waals surface area (Å²) in [5, 5.41) is 0. The van der Waals surface area contributed by atoms with Crippen molar-refractivity contribution < 1.29 is 19.1 Å². The summed E-state index contributed by atoms with van der Waals surface area (Å²) in [6.45, 7) is 0.401. The van der Waals surface area contributed by atoms with Crippen molar-refractivity contribution in [3.63, 3.8) is 0 Å². The number of fused-ring (bicyclic) bond motifs is 2. The molecule has 2 heterocycles. The Morgan fingerprint density at radius 2 is 2.00 bits per heavy atom. The Morgan fingerprint density at radius 3 is 2.91 bits per heavy atom. The Bertz CT molecular complexity index is 1280. The molecule has 6 heteroatoms. The summed E-state index contributed by atoms with van der Waals surface area (Å²) < 4.78 is 8.12. The number of Topliss-reactive ketones (excluding diaryl/α,β-unsaturated/α-hetero) is 3. The molecule has 2 saturated carbocycles. The van der Waals surface area contributed by atoms with Crippen LogP contribution in [0.4, 0.5) is 0 Å². The molecule has 1 aromatic carbocycles. The first-order valence-corrected chi connectivity index (χ1v) is 11.3. The maximum atomic E-state index is 13.4. The molecule has 2 fully saturated rings. The first-order valence-electron chi connectivity index (χ1n) is 11.3. The second kappa shape index (κ2) is 7.12. The van der Waals surface area contributed by atoms with E-state index < -0.39 is 5.41 Å². The molecule has 0 N–H and O–H groups in total. The van der Waals surface area contributed by atoms with Gasteiger partial charge >= 0.3 is 0 Å². The Kier molecular flexibility index (Phi) is 4.32. The van der Waals surface area contributed by atoms with Crippen LogP contribution in [0.5, 0.6) is 5.75 Å². The van der Waals surface area contributed by atoms with Crippen LogP contribution in [0.1, 0.15) is 53.6 Å². The zero-order valence-electron chi connectivity index (χ0n) is 17.8. The van der Waals surface area contributed by atoms with Gasteiger partial charge in [0.15, 0.2) is 5.78 Å². The van der Waals surface area contributed by atoms with E-state index in [1.165, 1.54) is 0 Å². The minimum absolute atomic E-state index is 0.0531. The number of hydrogen-bond donors (Lipinski definition) is 0. The number of nitrogens with zero attached hydrogens (tertiary/aromatic N) is 2.